The van der Waals surface area contributed by atoms with Crippen LogP contribution in [0.4, 0.5) is 11.6 Å². The van der Waals surface area contributed by atoms with E-state index in [0.29, 0.717) is 11.6 Å². The van der Waals surface area contributed by atoms with Crippen LogP contribution in [0.1, 0.15) is 24.4 Å². The summed E-state index contributed by atoms with van der Waals surface area (Å²) in [4.78, 5) is 12.4. The van der Waals surface area contributed by atoms with Crippen molar-refractivity contribution >= 4 is 23.0 Å². The predicted molar refractivity (Wildman–Crippen MR) is 65.2 cm³/mol. The van der Waals surface area contributed by atoms with Crippen LogP contribution in [0.5, 0.6) is 0 Å². The number of hydrogen-bond donors (Lipinski definition) is 2. The van der Waals surface area contributed by atoms with E-state index in [0.717, 1.165) is 11.4 Å². The third-order valence-electron chi connectivity index (χ3n) is 2.13. The van der Waals surface area contributed by atoms with Crippen LogP contribution in [0.2, 0.25) is 0 Å². The van der Waals surface area contributed by atoms with Crippen molar-refractivity contribution in [3.8, 4) is 0 Å². The lowest BCUT2D eigenvalue weighted by molar-refractivity contribution is 0.737. The van der Waals surface area contributed by atoms with Gasteiger partial charge in [0.05, 0.1) is 18.4 Å². The molecule has 1 unspecified atom stereocenters. The Kier molecular flexibility index (Phi) is 3.31. The monoisotopic (exact) mass is 235 g/mol. The van der Waals surface area contributed by atoms with E-state index in [4.69, 9.17) is 5.73 Å². The average molecular weight is 235 g/mol. The third-order valence-corrected chi connectivity index (χ3v) is 3.02. The Morgan fingerprint density at radius 3 is 3.00 bits per heavy atom. The van der Waals surface area contributed by atoms with Crippen molar-refractivity contribution in [3.63, 3.8) is 0 Å². The van der Waals surface area contributed by atoms with Crippen molar-refractivity contribution in [2.75, 3.05) is 11.1 Å². The maximum Gasteiger partial charge on any atom is 0.147 e. The molecule has 0 spiro atoms. The summed E-state index contributed by atoms with van der Waals surface area (Å²) in [5.74, 6) is 1.10. The van der Waals surface area contributed by atoms with Gasteiger partial charge in [0, 0.05) is 11.6 Å². The van der Waals surface area contributed by atoms with Gasteiger partial charge in [0.2, 0.25) is 0 Å². The van der Waals surface area contributed by atoms with Gasteiger partial charge in [-0.05, 0) is 6.42 Å². The first kappa shape index (κ1) is 10.8. The summed E-state index contributed by atoms with van der Waals surface area (Å²) in [6.45, 7) is 2.10. The Balaban J connectivity index is 2.13. The molecule has 0 aliphatic carbocycles. The standard InChI is InChI=1S/C10H13N5S/c1-2-7(10-13-3-4-16-10)14-9-6-12-5-8(11)15-9/h3-7H,2H2,1H3,(H3,11,14,15). The van der Waals surface area contributed by atoms with Gasteiger partial charge in [-0.2, -0.15) is 0 Å². The van der Waals surface area contributed by atoms with Crippen LogP contribution in [-0.2, 0) is 0 Å². The minimum Gasteiger partial charge on any atom is -0.382 e. The second kappa shape index (κ2) is 4.89. The molecule has 0 saturated heterocycles. The number of anilines is 2. The normalized spacial score (nSPS) is 12.3. The third kappa shape index (κ3) is 2.46. The predicted octanol–water partition coefficient (Wildman–Crippen LogP) is 2.08. The first-order valence-corrected chi connectivity index (χ1v) is 5.91. The van der Waals surface area contributed by atoms with Gasteiger partial charge >= 0.3 is 0 Å². The number of nitrogens with zero attached hydrogens (tertiary/aromatic N) is 3. The summed E-state index contributed by atoms with van der Waals surface area (Å²) in [5.41, 5.74) is 5.57. The van der Waals surface area contributed by atoms with Gasteiger partial charge in [0.1, 0.15) is 16.6 Å². The van der Waals surface area contributed by atoms with E-state index in [1.807, 2.05) is 5.38 Å². The molecule has 5 nitrogen and oxygen atoms in total. The second-order valence-corrected chi connectivity index (χ2v) is 4.23. The van der Waals surface area contributed by atoms with Crippen molar-refractivity contribution in [1.29, 1.82) is 0 Å². The first-order chi connectivity index (χ1) is 7.79. The zero-order valence-corrected chi connectivity index (χ0v) is 9.74. The maximum absolute atomic E-state index is 5.57. The Morgan fingerprint density at radius 2 is 2.38 bits per heavy atom. The Labute approximate surface area is 97.8 Å². The molecule has 2 rings (SSSR count). The summed E-state index contributed by atoms with van der Waals surface area (Å²) in [6, 6.07) is 0.163. The van der Waals surface area contributed by atoms with Crippen molar-refractivity contribution in [2.24, 2.45) is 0 Å². The van der Waals surface area contributed by atoms with Crippen LogP contribution in [-0.4, -0.2) is 15.0 Å². The minimum absolute atomic E-state index is 0.163. The highest BCUT2D eigenvalue weighted by Gasteiger charge is 2.12. The number of nitrogens with two attached hydrogens (primary N) is 1. The Morgan fingerprint density at radius 1 is 1.50 bits per heavy atom. The molecule has 1 atom stereocenters. The zero-order valence-electron chi connectivity index (χ0n) is 8.92. The van der Waals surface area contributed by atoms with Gasteiger partial charge in [-0.15, -0.1) is 11.3 Å². The second-order valence-electron chi connectivity index (χ2n) is 3.30. The Hall–Kier alpha value is -1.69. The highest BCUT2D eigenvalue weighted by Crippen LogP contribution is 2.22. The van der Waals surface area contributed by atoms with E-state index in [-0.39, 0.29) is 6.04 Å². The van der Waals surface area contributed by atoms with Crippen molar-refractivity contribution in [1.82, 2.24) is 15.0 Å². The fourth-order valence-corrected chi connectivity index (χ4v) is 2.15. The van der Waals surface area contributed by atoms with E-state index >= 15 is 0 Å². The molecular weight excluding hydrogens is 222 g/mol. The fraction of sp³-hybridized carbons (Fsp3) is 0.300. The van der Waals surface area contributed by atoms with Gasteiger partial charge in [-0.25, -0.2) is 9.97 Å². The number of thiazole rings is 1. The molecule has 0 aromatic carbocycles. The summed E-state index contributed by atoms with van der Waals surface area (Å²) < 4.78 is 0. The highest BCUT2D eigenvalue weighted by molar-refractivity contribution is 7.09. The molecule has 2 heterocycles. The van der Waals surface area contributed by atoms with E-state index in [9.17, 15) is 0 Å². The molecule has 0 saturated carbocycles. The van der Waals surface area contributed by atoms with Gasteiger partial charge in [0.25, 0.3) is 0 Å². The van der Waals surface area contributed by atoms with Crippen LogP contribution < -0.4 is 11.1 Å². The average Bonchev–Trinajstić information content (AvgIpc) is 2.79. The van der Waals surface area contributed by atoms with Crippen LogP contribution in [0, 0.1) is 0 Å². The van der Waals surface area contributed by atoms with Crippen molar-refractivity contribution in [2.45, 2.75) is 19.4 Å². The quantitative estimate of drug-likeness (QED) is 0.848. The lowest BCUT2D eigenvalue weighted by Crippen LogP contribution is -2.11. The summed E-state index contributed by atoms with van der Waals surface area (Å²) in [5, 5.41) is 6.28. The molecule has 84 valence electrons. The molecule has 0 bridgehead atoms. The molecule has 6 heteroatoms. The summed E-state index contributed by atoms with van der Waals surface area (Å²) in [7, 11) is 0. The van der Waals surface area contributed by atoms with Gasteiger partial charge in [-0.1, -0.05) is 6.92 Å². The van der Waals surface area contributed by atoms with E-state index in [1.54, 1.807) is 23.7 Å². The molecule has 2 aromatic rings. The number of hydrogen-bond acceptors (Lipinski definition) is 6. The molecule has 3 N–H and O–H groups in total. The van der Waals surface area contributed by atoms with Gasteiger partial charge < -0.3 is 11.1 Å². The summed E-state index contributed by atoms with van der Waals surface area (Å²) in [6.07, 6.45) is 5.92. The van der Waals surface area contributed by atoms with Crippen molar-refractivity contribution in [3.05, 3.63) is 29.0 Å². The molecule has 0 fully saturated rings. The SMILES string of the molecule is CCC(Nc1cncc(N)n1)c1nccs1. The van der Waals surface area contributed by atoms with Crippen LogP contribution in [0.25, 0.3) is 0 Å². The highest BCUT2D eigenvalue weighted by atomic mass is 32.1. The molecule has 2 aromatic heterocycles. The first-order valence-electron chi connectivity index (χ1n) is 5.03. The number of nitrogens with one attached hydrogen (secondary N) is 1. The topological polar surface area (TPSA) is 76.7 Å². The molecule has 0 radical (unpaired) electrons. The largest absolute Gasteiger partial charge is 0.382 e. The molecule has 0 amide bonds. The van der Waals surface area contributed by atoms with Gasteiger partial charge in [-0.3, -0.25) is 4.98 Å². The van der Waals surface area contributed by atoms with E-state index in [2.05, 4.69) is 27.2 Å². The smallest absolute Gasteiger partial charge is 0.147 e. The molecule has 16 heavy (non-hydrogen) atoms. The number of rotatable bonds is 4. The molecular formula is C10H13N5S. The number of nitrogen functional groups attached to an aromatic ring is 1. The number of aromatic nitrogens is 3. The summed E-state index contributed by atoms with van der Waals surface area (Å²) >= 11 is 1.63. The van der Waals surface area contributed by atoms with Crippen LogP contribution >= 0.6 is 11.3 Å². The maximum atomic E-state index is 5.57. The van der Waals surface area contributed by atoms with Crippen molar-refractivity contribution < 1.29 is 0 Å². The zero-order chi connectivity index (χ0) is 11.4. The van der Waals surface area contributed by atoms with Crippen LogP contribution in [0.15, 0.2) is 24.0 Å². The Bertz CT molecular complexity index is 442. The fourth-order valence-electron chi connectivity index (χ4n) is 1.37. The molecule has 0 aliphatic heterocycles. The van der Waals surface area contributed by atoms with E-state index in [1.165, 1.54) is 6.20 Å². The molecule has 0 aliphatic rings. The van der Waals surface area contributed by atoms with Crippen LogP contribution in [0.3, 0.4) is 0 Å². The van der Waals surface area contributed by atoms with E-state index < -0.39 is 0 Å². The van der Waals surface area contributed by atoms with Gasteiger partial charge in [0.15, 0.2) is 0 Å². The lowest BCUT2D eigenvalue weighted by atomic mass is 10.2. The minimum atomic E-state index is 0.163. The lowest BCUT2D eigenvalue weighted by Gasteiger charge is -2.14.